The lowest BCUT2D eigenvalue weighted by Gasteiger charge is -2.05. The van der Waals surface area contributed by atoms with E-state index in [-0.39, 0.29) is 6.61 Å². The molecule has 0 aliphatic heterocycles. The van der Waals surface area contributed by atoms with E-state index in [1.807, 2.05) is 13.0 Å². The van der Waals surface area contributed by atoms with Crippen molar-refractivity contribution >= 4 is 22.1 Å². The summed E-state index contributed by atoms with van der Waals surface area (Å²) >= 11 is 3.37. The van der Waals surface area contributed by atoms with Gasteiger partial charge in [-0.3, -0.25) is 4.98 Å². The quantitative estimate of drug-likeness (QED) is 0.869. The van der Waals surface area contributed by atoms with Gasteiger partial charge in [-0.15, -0.1) is 5.10 Å². The van der Waals surface area contributed by atoms with Crippen LogP contribution in [0.4, 0.5) is 4.79 Å². The molecule has 19 heavy (non-hydrogen) atoms. The van der Waals surface area contributed by atoms with Crippen molar-refractivity contribution in [2.75, 3.05) is 0 Å². The second-order valence-corrected chi connectivity index (χ2v) is 4.68. The summed E-state index contributed by atoms with van der Waals surface area (Å²) in [4.78, 5) is 14.8. The fraction of sp³-hybridized carbons (Fsp3) is 0.273. The van der Waals surface area contributed by atoms with Crippen LogP contribution in [-0.2, 0) is 18.4 Å². The van der Waals surface area contributed by atoms with Gasteiger partial charge in [-0.05, 0) is 35.0 Å². The standard InChI is InChI=1S/C11H11BrN4O3/c1-6-7(12)3-4-8(13-6)10-9(5-19-11(17)18)16(2)15-14-10/h3-4H,5H2,1-2H3,(H,17,18). The van der Waals surface area contributed by atoms with Crippen LogP contribution in [0.5, 0.6) is 0 Å². The summed E-state index contributed by atoms with van der Waals surface area (Å²) in [7, 11) is 1.67. The smallest absolute Gasteiger partial charge is 0.450 e. The zero-order valence-corrected chi connectivity index (χ0v) is 11.9. The molecule has 0 aliphatic carbocycles. The van der Waals surface area contributed by atoms with E-state index >= 15 is 0 Å². The predicted octanol–water partition coefficient (Wildman–Crippen LogP) is 2.14. The van der Waals surface area contributed by atoms with Crippen molar-refractivity contribution in [1.82, 2.24) is 20.0 Å². The second-order valence-electron chi connectivity index (χ2n) is 3.83. The van der Waals surface area contributed by atoms with Gasteiger partial charge >= 0.3 is 6.16 Å². The van der Waals surface area contributed by atoms with Gasteiger partial charge in [0.2, 0.25) is 0 Å². The van der Waals surface area contributed by atoms with Crippen LogP contribution in [0.15, 0.2) is 16.6 Å². The topological polar surface area (TPSA) is 90.1 Å². The number of nitrogens with zero attached hydrogens (tertiary/aromatic N) is 4. The largest absolute Gasteiger partial charge is 0.506 e. The van der Waals surface area contributed by atoms with Crippen LogP contribution in [0.25, 0.3) is 11.4 Å². The summed E-state index contributed by atoms with van der Waals surface area (Å²) in [6, 6.07) is 3.64. The highest BCUT2D eigenvalue weighted by molar-refractivity contribution is 9.10. The van der Waals surface area contributed by atoms with Crippen molar-refractivity contribution in [2.24, 2.45) is 7.05 Å². The Morgan fingerprint density at radius 1 is 1.53 bits per heavy atom. The maximum absolute atomic E-state index is 10.5. The van der Waals surface area contributed by atoms with Crippen LogP contribution in [0, 0.1) is 6.92 Å². The molecule has 0 unspecified atom stereocenters. The van der Waals surface area contributed by atoms with Gasteiger partial charge in [0.1, 0.15) is 18.0 Å². The normalized spacial score (nSPS) is 10.5. The van der Waals surface area contributed by atoms with E-state index in [0.29, 0.717) is 17.1 Å². The molecule has 0 radical (unpaired) electrons. The molecule has 0 saturated heterocycles. The lowest BCUT2D eigenvalue weighted by molar-refractivity contribution is 0.0834. The first-order valence-corrected chi connectivity index (χ1v) is 6.16. The molecule has 2 aromatic rings. The third kappa shape index (κ3) is 2.90. The van der Waals surface area contributed by atoms with Gasteiger partial charge < -0.3 is 9.84 Å². The van der Waals surface area contributed by atoms with Crippen LogP contribution in [0.1, 0.15) is 11.4 Å². The molecule has 0 amide bonds. The Hall–Kier alpha value is -1.96. The van der Waals surface area contributed by atoms with Gasteiger partial charge in [0.05, 0.1) is 11.4 Å². The molecule has 0 fully saturated rings. The van der Waals surface area contributed by atoms with Gasteiger partial charge in [0.15, 0.2) is 0 Å². The van der Waals surface area contributed by atoms with Crippen LogP contribution in [0.3, 0.4) is 0 Å². The van der Waals surface area contributed by atoms with E-state index in [1.165, 1.54) is 4.68 Å². The summed E-state index contributed by atoms with van der Waals surface area (Å²) in [6.07, 6.45) is -1.34. The minimum absolute atomic E-state index is 0.120. The molecule has 8 heteroatoms. The van der Waals surface area contributed by atoms with E-state index in [1.54, 1.807) is 13.1 Å². The van der Waals surface area contributed by atoms with Crippen LogP contribution in [0.2, 0.25) is 0 Å². The van der Waals surface area contributed by atoms with Crippen molar-refractivity contribution in [2.45, 2.75) is 13.5 Å². The monoisotopic (exact) mass is 326 g/mol. The third-order valence-corrected chi connectivity index (χ3v) is 3.38. The highest BCUT2D eigenvalue weighted by Gasteiger charge is 2.16. The Kier molecular flexibility index (Phi) is 3.79. The summed E-state index contributed by atoms with van der Waals surface area (Å²) < 4.78 is 6.92. The summed E-state index contributed by atoms with van der Waals surface area (Å²) in [5, 5.41) is 16.4. The minimum atomic E-state index is -1.34. The first-order valence-electron chi connectivity index (χ1n) is 5.37. The zero-order chi connectivity index (χ0) is 14.0. The number of ether oxygens (including phenoxy) is 1. The van der Waals surface area contributed by atoms with Gasteiger partial charge in [-0.2, -0.15) is 0 Å². The van der Waals surface area contributed by atoms with Crippen molar-refractivity contribution in [1.29, 1.82) is 0 Å². The molecule has 0 spiro atoms. The number of halogens is 1. The summed E-state index contributed by atoms with van der Waals surface area (Å²) in [6.45, 7) is 1.74. The number of carbonyl (C=O) groups is 1. The molecule has 0 aliphatic rings. The molecular formula is C11H11BrN4O3. The lowest BCUT2D eigenvalue weighted by Crippen LogP contribution is -2.06. The SMILES string of the molecule is Cc1nc(-c2nnn(C)c2COC(=O)O)ccc1Br. The maximum atomic E-state index is 10.5. The first kappa shape index (κ1) is 13.5. The highest BCUT2D eigenvalue weighted by atomic mass is 79.9. The molecule has 0 atom stereocenters. The number of pyridine rings is 1. The van der Waals surface area contributed by atoms with E-state index < -0.39 is 6.16 Å². The Morgan fingerprint density at radius 3 is 2.89 bits per heavy atom. The molecule has 0 bridgehead atoms. The van der Waals surface area contributed by atoms with Gasteiger partial charge in [0.25, 0.3) is 0 Å². The van der Waals surface area contributed by atoms with Crippen molar-refractivity contribution in [3.05, 3.63) is 28.0 Å². The van der Waals surface area contributed by atoms with Crippen molar-refractivity contribution < 1.29 is 14.6 Å². The molecular weight excluding hydrogens is 316 g/mol. The van der Waals surface area contributed by atoms with Crippen LogP contribution in [-0.4, -0.2) is 31.2 Å². The summed E-state index contributed by atoms with van der Waals surface area (Å²) in [5.41, 5.74) is 2.50. The van der Waals surface area contributed by atoms with E-state index in [9.17, 15) is 4.79 Å². The van der Waals surface area contributed by atoms with Crippen LogP contribution < -0.4 is 0 Å². The molecule has 100 valence electrons. The number of rotatable bonds is 3. The van der Waals surface area contributed by atoms with Crippen molar-refractivity contribution in [3.8, 4) is 11.4 Å². The Morgan fingerprint density at radius 2 is 2.26 bits per heavy atom. The number of aromatic nitrogens is 4. The van der Waals surface area contributed by atoms with E-state index in [2.05, 4.69) is 36.0 Å². The Labute approximate surface area is 117 Å². The van der Waals surface area contributed by atoms with E-state index in [0.717, 1.165) is 10.2 Å². The second kappa shape index (κ2) is 5.35. The highest BCUT2D eigenvalue weighted by Crippen LogP contribution is 2.23. The summed E-state index contributed by atoms with van der Waals surface area (Å²) in [5.74, 6) is 0. The Bertz CT molecular complexity index is 626. The van der Waals surface area contributed by atoms with Crippen LogP contribution >= 0.6 is 15.9 Å². The average molecular weight is 327 g/mol. The third-order valence-electron chi connectivity index (χ3n) is 2.54. The molecule has 2 heterocycles. The molecule has 7 nitrogen and oxygen atoms in total. The lowest BCUT2D eigenvalue weighted by atomic mass is 10.2. The maximum Gasteiger partial charge on any atom is 0.506 e. The molecule has 2 rings (SSSR count). The Balaban J connectivity index is 2.38. The number of hydrogen-bond acceptors (Lipinski definition) is 5. The fourth-order valence-electron chi connectivity index (χ4n) is 1.54. The number of aryl methyl sites for hydroxylation is 2. The molecule has 0 saturated carbocycles. The average Bonchev–Trinajstić information content (AvgIpc) is 2.71. The first-order chi connectivity index (χ1) is 8.99. The van der Waals surface area contributed by atoms with E-state index in [4.69, 9.17) is 5.11 Å². The number of carboxylic acid groups (broad SMARTS) is 1. The van der Waals surface area contributed by atoms with Gasteiger partial charge in [-0.25, -0.2) is 9.48 Å². The molecule has 0 aromatic carbocycles. The van der Waals surface area contributed by atoms with Crippen molar-refractivity contribution in [3.63, 3.8) is 0 Å². The predicted molar refractivity (Wildman–Crippen MR) is 69.5 cm³/mol. The molecule has 2 aromatic heterocycles. The van der Waals surface area contributed by atoms with Gasteiger partial charge in [0, 0.05) is 11.5 Å². The number of hydrogen-bond donors (Lipinski definition) is 1. The van der Waals surface area contributed by atoms with Gasteiger partial charge in [-0.1, -0.05) is 5.21 Å². The fourth-order valence-corrected chi connectivity index (χ4v) is 1.76. The minimum Gasteiger partial charge on any atom is -0.450 e. The molecule has 1 N–H and O–H groups in total. The zero-order valence-electron chi connectivity index (χ0n) is 10.3.